The van der Waals surface area contributed by atoms with Crippen molar-refractivity contribution in [2.24, 2.45) is 0 Å². The van der Waals surface area contributed by atoms with Crippen LogP contribution in [0.1, 0.15) is 32.9 Å². The molecule has 0 saturated carbocycles. The van der Waals surface area contributed by atoms with Crippen LogP contribution in [0.3, 0.4) is 0 Å². The molecule has 0 spiro atoms. The highest BCUT2D eigenvalue weighted by Crippen LogP contribution is 2.19. The van der Waals surface area contributed by atoms with Crippen molar-refractivity contribution >= 4 is 11.6 Å². The molecule has 3 rings (SSSR count). The third-order valence-electron chi connectivity index (χ3n) is 4.14. The number of aryl methyl sites for hydroxylation is 3. The fourth-order valence-corrected chi connectivity index (χ4v) is 2.85. The molecule has 1 N–H and O–H groups in total. The summed E-state index contributed by atoms with van der Waals surface area (Å²) in [5.41, 5.74) is 5.71. The summed E-state index contributed by atoms with van der Waals surface area (Å²) < 4.78 is 6.92. The number of methoxy groups -OCH3 is 1. The number of carbonyl (C=O) groups is 1. The first-order chi connectivity index (χ1) is 12.5. The summed E-state index contributed by atoms with van der Waals surface area (Å²) in [7, 11) is 1.58. The van der Waals surface area contributed by atoms with E-state index in [1.165, 1.54) is 0 Å². The van der Waals surface area contributed by atoms with E-state index in [-0.39, 0.29) is 18.2 Å². The summed E-state index contributed by atoms with van der Waals surface area (Å²) in [4.78, 5) is 12.8. The quantitative estimate of drug-likeness (QED) is 0.763. The van der Waals surface area contributed by atoms with Gasteiger partial charge in [-0.15, -0.1) is 5.10 Å². The molecule has 1 heterocycles. The maximum atomic E-state index is 12.8. The van der Waals surface area contributed by atoms with Crippen molar-refractivity contribution < 1.29 is 9.53 Å². The molecule has 6 nitrogen and oxygen atoms in total. The average molecular weight is 350 g/mol. The van der Waals surface area contributed by atoms with E-state index in [2.05, 4.69) is 15.6 Å². The van der Waals surface area contributed by atoms with Gasteiger partial charge in [-0.1, -0.05) is 35.0 Å². The summed E-state index contributed by atoms with van der Waals surface area (Å²) >= 11 is 0. The van der Waals surface area contributed by atoms with Gasteiger partial charge >= 0.3 is 0 Å². The summed E-state index contributed by atoms with van der Waals surface area (Å²) in [6.07, 6.45) is 0. The third-order valence-corrected chi connectivity index (χ3v) is 4.14. The topological polar surface area (TPSA) is 69.0 Å². The zero-order chi connectivity index (χ0) is 18.7. The number of carbonyl (C=O) groups excluding carboxylic acids is 1. The van der Waals surface area contributed by atoms with Crippen LogP contribution in [-0.4, -0.2) is 28.0 Å². The van der Waals surface area contributed by atoms with Crippen LogP contribution in [0, 0.1) is 20.8 Å². The minimum absolute atomic E-state index is 0.233. The van der Waals surface area contributed by atoms with Crippen molar-refractivity contribution in [3.63, 3.8) is 0 Å². The van der Waals surface area contributed by atoms with Gasteiger partial charge in [0.25, 0.3) is 5.91 Å². The Hall–Kier alpha value is -2.99. The Labute approximate surface area is 152 Å². The lowest BCUT2D eigenvalue weighted by Gasteiger charge is -2.10. The Morgan fingerprint density at radius 1 is 1.12 bits per heavy atom. The van der Waals surface area contributed by atoms with Crippen molar-refractivity contribution in [3.8, 4) is 5.69 Å². The summed E-state index contributed by atoms with van der Waals surface area (Å²) in [5.74, 6) is -0.303. The van der Waals surface area contributed by atoms with Crippen LogP contribution >= 0.6 is 0 Å². The second-order valence-corrected chi connectivity index (χ2v) is 6.34. The highest BCUT2D eigenvalue weighted by atomic mass is 16.5. The molecular weight excluding hydrogens is 328 g/mol. The van der Waals surface area contributed by atoms with Gasteiger partial charge in [0.2, 0.25) is 0 Å². The Morgan fingerprint density at radius 3 is 2.58 bits per heavy atom. The minimum atomic E-state index is -0.303. The third kappa shape index (κ3) is 3.65. The number of benzene rings is 2. The second-order valence-electron chi connectivity index (χ2n) is 6.34. The largest absolute Gasteiger partial charge is 0.378 e. The zero-order valence-corrected chi connectivity index (χ0v) is 15.4. The number of anilines is 1. The highest BCUT2D eigenvalue weighted by Gasteiger charge is 2.21. The number of aromatic nitrogens is 3. The predicted octanol–water partition coefficient (Wildman–Crippen LogP) is 3.59. The molecule has 3 aromatic rings. The lowest BCUT2D eigenvalue weighted by atomic mass is 10.1. The van der Waals surface area contributed by atoms with Gasteiger partial charge in [0.15, 0.2) is 5.69 Å². The highest BCUT2D eigenvalue weighted by molar-refractivity contribution is 6.04. The summed E-state index contributed by atoms with van der Waals surface area (Å²) in [5, 5.41) is 11.2. The molecular formula is C20H22N4O2. The van der Waals surface area contributed by atoms with Crippen molar-refractivity contribution in [1.82, 2.24) is 15.0 Å². The maximum absolute atomic E-state index is 12.8. The van der Waals surface area contributed by atoms with E-state index in [1.54, 1.807) is 11.8 Å². The van der Waals surface area contributed by atoms with E-state index in [4.69, 9.17) is 4.74 Å². The Balaban J connectivity index is 1.95. The van der Waals surface area contributed by atoms with Gasteiger partial charge < -0.3 is 10.1 Å². The van der Waals surface area contributed by atoms with E-state index in [0.29, 0.717) is 5.69 Å². The minimum Gasteiger partial charge on any atom is -0.378 e. The smallest absolute Gasteiger partial charge is 0.278 e. The predicted molar refractivity (Wildman–Crippen MR) is 101 cm³/mol. The van der Waals surface area contributed by atoms with Gasteiger partial charge in [-0.2, -0.15) is 0 Å². The van der Waals surface area contributed by atoms with Crippen LogP contribution in [0.4, 0.5) is 5.69 Å². The molecule has 0 bridgehead atoms. The van der Waals surface area contributed by atoms with E-state index in [9.17, 15) is 4.79 Å². The first kappa shape index (κ1) is 17.8. The van der Waals surface area contributed by atoms with Gasteiger partial charge in [0, 0.05) is 12.8 Å². The lowest BCUT2D eigenvalue weighted by molar-refractivity contribution is 0.101. The van der Waals surface area contributed by atoms with Crippen molar-refractivity contribution in [1.29, 1.82) is 0 Å². The van der Waals surface area contributed by atoms with Crippen LogP contribution in [0.5, 0.6) is 0 Å². The van der Waals surface area contributed by atoms with E-state index < -0.39 is 0 Å². The molecule has 0 atom stereocenters. The maximum Gasteiger partial charge on any atom is 0.278 e. The van der Waals surface area contributed by atoms with E-state index in [0.717, 1.165) is 28.1 Å². The number of ether oxygens (including phenoxy) is 1. The van der Waals surface area contributed by atoms with Crippen LogP contribution in [-0.2, 0) is 11.3 Å². The lowest BCUT2D eigenvalue weighted by Crippen LogP contribution is -2.16. The normalized spacial score (nSPS) is 10.8. The van der Waals surface area contributed by atoms with Crippen LogP contribution in [0.15, 0.2) is 42.5 Å². The molecule has 26 heavy (non-hydrogen) atoms. The van der Waals surface area contributed by atoms with Crippen molar-refractivity contribution in [2.75, 3.05) is 12.4 Å². The second kappa shape index (κ2) is 7.49. The Morgan fingerprint density at radius 2 is 1.88 bits per heavy atom. The molecule has 0 aliphatic heterocycles. The molecule has 0 aliphatic rings. The number of hydrogen-bond donors (Lipinski definition) is 1. The van der Waals surface area contributed by atoms with Gasteiger partial charge in [-0.3, -0.25) is 4.79 Å². The monoisotopic (exact) mass is 350 g/mol. The molecule has 6 heteroatoms. The standard InChI is InChI=1S/C20H22N4O2/c1-13-6-5-7-16(11-13)24-18(12-26-4)19(22-23-24)20(25)21-17-9-8-14(2)10-15(17)3/h5-11H,12H2,1-4H3,(H,21,25). The molecule has 0 aliphatic carbocycles. The molecule has 1 aromatic heterocycles. The Kier molecular flexibility index (Phi) is 5.14. The van der Waals surface area contributed by atoms with Gasteiger partial charge in [-0.05, 0) is 50.1 Å². The van der Waals surface area contributed by atoms with E-state index in [1.807, 2.05) is 63.2 Å². The van der Waals surface area contributed by atoms with Crippen LogP contribution < -0.4 is 5.32 Å². The average Bonchev–Trinajstić information content (AvgIpc) is 3.01. The number of rotatable bonds is 5. The van der Waals surface area contributed by atoms with Crippen molar-refractivity contribution in [2.45, 2.75) is 27.4 Å². The van der Waals surface area contributed by atoms with Gasteiger partial charge in [0.1, 0.15) is 5.69 Å². The molecule has 0 unspecified atom stereocenters. The molecule has 0 saturated heterocycles. The van der Waals surface area contributed by atoms with Gasteiger partial charge in [0.05, 0.1) is 12.3 Å². The Bertz CT molecular complexity index is 947. The molecule has 134 valence electrons. The number of amides is 1. The first-order valence-corrected chi connectivity index (χ1v) is 8.38. The van der Waals surface area contributed by atoms with E-state index >= 15 is 0 Å². The summed E-state index contributed by atoms with van der Waals surface area (Å²) in [6, 6.07) is 13.7. The fraction of sp³-hybridized carbons (Fsp3) is 0.250. The number of hydrogen-bond acceptors (Lipinski definition) is 4. The number of nitrogens with one attached hydrogen (secondary N) is 1. The van der Waals surface area contributed by atoms with Crippen molar-refractivity contribution in [3.05, 3.63) is 70.5 Å². The molecule has 1 amide bonds. The first-order valence-electron chi connectivity index (χ1n) is 8.38. The van der Waals surface area contributed by atoms with Crippen LogP contribution in [0.2, 0.25) is 0 Å². The summed E-state index contributed by atoms with van der Waals surface area (Å²) in [6.45, 7) is 6.21. The SMILES string of the molecule is COCc1c(C(=O)Nc2ccc(C)cc2C)nnn1-c1cccc(C)c1. The molecule has 0 radical (unpaired) electrons. The van der Waals surface area contributed by atoms with Crippen LogP contribution in [0.25, 0.3) is 5.69 Å². The zero-order valence-electron chi connectivity index (χ0n) is 15.4. The van der Waals surface area contributed by atoms with Gasteiger partial charge in [-0.25, -0.2) is 4.68 Å². The molecule has 2 aromatic carbocycles. The number of nitrogens with zero attached hydrogens (tertiary/aromatic N) is 3. The fourth-order valence-electron chi connectivity index (χ4n) is 2.85. The molecule has 0 fully saturated rings.